The topological polar surface area (TPSA) is 136 Å². The van der Waals surface area contributed by atoms with Crippen molar-refractivity contribution in [1.82, 2.24) is 19.9 Å². The van der Waals surface area contributed by atoms with Crippen LogP contribution in [0.25, 0.3) is 12.2 Å². The summed E-state index contributed by atoms with van der Waals surface area (Å²) in [4.78, 5) is 27.3. The van der Waals surface area contributed by atoms with E-state index in [1.54, 1.807) is 54.7 Å². The minimum absolute atomic E-state index is 0.0315. The van der Waals surface area contributed by atoms with Gasteiger partial charge in [0.05, 0.1) is 24.0 Å². The predicted molar refractivity (Wildman–Crippen MR) is 168 cm³/mol. The van der Waals surface area contributed by atoms with Crippen LogP contribution in [0.4, 0.5) is 16.4 Å². The summed E-state index contributed by atoms with van der Waals surface area (Å²) in [5, 5.41) is 3.51. The molecule has 4 rings (SSSR count). The van der Waals surface area contributed by atoms with Gasteiger partial charge in [-0.25, -0.2) is 23.2 Å². The fourth-order valence-electron chi connectivity index (χ4n) is 4.62. The molecule has 0 aliphatic heterocycles. The highest BCUT2D eigenvalue weighted by Crippen LogP contribution is 2.28. The highest BCUT2D eigenvalue weighted by molar-refractivity contribution is 7.92. The van der Waals surface area contributed by atoms with E-state index in [1.807, 2.05) is 20.8 Å². The fraction of sp³-hybridized carbons (Fsp3) is 0.400. The number of carbonyl (C=O) groups is 1. The number of ether oxygens (including phenoxy) is 2. The van der Waals surface area contributed by atoms with Crippen molar-refractivity contribution in [2.24, 2.45) is 0 Å². The Morgan fingerprint density at radius 3 is 2.35 bits per heavy atom. The lowest BCUT2D eigenvalue weighted by Crippen LogP contribution is -2.43. The van der Waals surface area contributed by atoms with Gasteiger partial charge < -0.3 is 19.7 Å². The standard InChI is InChI=1S/C30H37ClN6O5S/c1-30(2,3)42-29(38)37(4)23-13-11-21(12-14-23)35-28-33-17-20(18-34-28)10-15-25-26(41-5)16-22(19-32-25)36-43(39,40)27-9-7-6-8-24(27)31/h6-10,15-19,21,23,36H,11-14H2,1-5H3,(H,33,34,35)/b15-10-. The molecule has 2 aromatic heterocycles. The number of nitrogens with zero attached hydrogens (tertiary/aromatic N) is 4. The van der Waals surface area contributed by atoms with Gasteiger partial charge in [0, 0.05) is 43.2 Å². The van der Waals surface area contributed by atoms with Gasteiger partial charge in [0.1, 0.15) is 21.9 Å². The molecule has 230 valence electrons. The lowest BCUT2D eigenvalue weighted by atomic mass is 9.90. The summed E-state index contributed by atoms with van der Waals surface area (Å²) >= 11 is 6.06. The van der Waals surface area contributed by atoms with E-state index >= 15 is 0 Å². The van der Waals surface area contributed by atoms with Gasteiger partial charge in [-0.2, -0.15) is 0 Å². The predicted octanol–water partition coefficient (Wildman–Crippen LogP) is 6.09. The molecule has 2 heterocycles. The van der Waals surface area contributed by atoms with Gasteiger partial charge in [0.15, 0.2) is 0 Å². The molecule has 0 unspecified atom stereocenters. The molecule has 11 nitrogen and oxygen atoms in total. The lowest BCUT2D eigenvalue weighted by Gasteiger charge is -2.35. The second-order valence-corrected chi connectivity index (χ2v) is 13.3. The average molecular weight is 629 g/mol. The molecule has 0 atom stereocenters. The van der Waals surface area contributed by atoms with Gasteiger partial charge in [0.25, 0.3) is 10.0 Å². The first-order valence-corrected chi connectivity index (χ1v) is 15.7. The minimum atomic E-state index is -3.91. The third kappa shape index (κ3) is 8.80. The van der Waals surface area contributed by atoms with E-state index in [1.165, 1.54) is 25.4 Å². The maximum atomic E-state index is 12.8. The number of rotatable bonds is 9. The zero-order chi connectivity index (χ0) is 31.2. The number of nitrogens with one attached hydrogen (secondary N) is 2. The summed E-state index contributed by atoms with van der Waals surface area (Å²) in [7, 11) is -0.631. The smallest absolute Gasteiger partial charge is 0.410 e. The van der Waals surface area contributed by atoms with Crippen LogP contribution < -0.4 is 14.8 Å². The van der Waals surface area contributed by atoms with Crippen LogP contribution in [0.15, 0.2) is 53.8 Å². The largest absolute Gasteiger partial charge is 0.494 e. The number of amides is 1. The van der Waals surface area contributed by atoms with E-state index in [0.29, 0.717) is 17.4 Å². The van der Waals surface area contributed by atoms with Crippen molar-refractivity contribution in [3.63, 3.8) is 0 Å². The van der Waals surface area contributed by atoms with E-state index in [4.69, 9.17) is 21.1 Å². The number of halogens is 1. The summed E-state index contributed by atoms with van der Waals surface area (Å²) in [6, 6.07) is 8.09. The van der Waals surface area contributed by atoms with Crippen LogP contribution in [0.3, 0.4) is 0 Å². The van der Waals surface area contributed by atoms with Crippen LogP contribution in [0, 0.1) is 0 Å². The van der Waals surface area contributed by atoms with E-state index in [9.17, 15) is 13.2 Å². The second kappa shape index (κ2) is 13.6. The average Bonchev–Trinajstić information content (AvgIpc) is 2.96. The molecule has 1 aliphatic rings. The molecule has 1 amide bonds. The van der Waals surface area contributed by atoms with Crippen LogP contribution in [-0.2, 0) is 14.8 Å². The van der Waals surface area contributed by atoms with Gasteiger partial charge >= 0.3 is 6.09 Å². The van der Waals surface area contributed by atoms with Crippen LogP contribution in [0.1, 0.15) is 57.7 Å². The number of carbonyl (C=O) groups excluding carboxylic acids is 1. The SMILES string of the molecule is COc1cc(NS(=O)(=O)c2ccccc2Cl)cnc1/C=C\c1cnc(NC2CCC(N(C)C(=O)OC(C)(C)C)CC2)nc1. The summed E-state index contributed by atoms with van der Waals surface area (Å²) in [6.07, 6.45) is 11.5. The number of methoxy groups -OCH3 is 1. The van der Waals surface area contributed by atoms with Crippen molar-refractivity contribution in [2.75, 3.05) is 24.2 Å². The molecule has 1 fully saturated rings. The van der Waals surface area contributed by atoms with Crippen molar-refractivity contribution >= 4 is 51.5 Å². The Labute approximate surface area is 257 Å². The molecule has 2 N–H and O–H groups in total. The van der Waals surface area contributed by atoms with Crippen molar-refractivity contribution < 1.29 is 22.7 Å². The zero-order valence-corrected chi connectivity index (χ0v) is 26.4. The number of sulfonamides is 1. The van der Waals surface area contributed by atoms with Crippen molar-refractivity contribution in [3.05, 3.63) is 65.2 Å². The van der Waals surface area contributed by atoms with Crippen LogP contribution in [-0.4, -0.2) is 66.2 Å². The maximum absolute atomic E-state index is 12.8. The van der Waals surface area contributed by atoms with Crippen LogP contribution in [0.5, 0.6) is 5.75 Å². The highest BCUT2D eigenvalue weighted by atomic mass is 35.5. The molecule has 0 bridgehead atoms. The zero-order valence-electron chi connectivity index (χ0n) is 24.9. The Morgan fingerprint density at radius 2 is 1.72 bits per heavy atom. The molecule has 13 heteroatoms. The summed E-state index contributed by atoms with van der Waals surface area (Å²) < 4.78 is 38.9. The quantitative estimate of drug-likeness (QED) is 0.288. The summed E-state index contributed by atoms with van der Waals surface area (Å²) in [5.41, 5.74) is 0.967. The summed E-state index contributed by atoms with van der Waals surface area (Å²) in [6.45, 7) is 5.60. The molecule has 0 spiro atoms. The Balaban J connectivity index is 1.32. The summed E-state index contributed by atoms with van der Waals surface area (Å²) in [5.74, 6) is 0.912. The van der Waals surface area contributed by atoms with E-state index in [-0.39, 0.29) is 33.8 Å². The number of aromatic nitrogens is 3. The second-order valence-electron chi connectivity index (χ2n) is 11.3. The molecule has 43 heavy (non-hydrogen) atoms. The van der Waals surface area contributed by atoms with E-state index < -0.39 is 15.6 Å². The Morgan fingerprint density at radius 1 is 1.05 bits per heavy atom. The van der Waals surface area contributed by atoms with Gasteiger partial charge in [0.2, 0.25) is 5.95 Å². The van der Waals surface area contributed by atoms with Crippen LogP contribution in [0.2, 0.25) is 5.02 Å². The fourth-order valence-corrected chi connectivity index (χ4v) is 6.17. The highest BCUT2D eigenvalue weighted by Gasteiger charge is 2.29. The van der Waals surface area contributed by atoms with Crippen molar-refractivity contribution in [3.8, 4) is 5.75 Å². The molecule has 0 saturated heterocycles. The molecule has 1 aliphatic carbocycles. The monoisotopic (exact) mass is 628 g/mol. The normalized spacial score (nSPS) is 17.3. The Kier molecular flexibility index (Phi) is 10.1. The first-order valence-electron chi connectivity index (χ1n) is 13.9. The third-order valence-electron chi connectivity index (χ3n) is 6.84. The Hall–Kier alpha value is -3.90. The van der Waals surface area contributed by atoms with Crippen molar-refractivity contribution in [2.45, 2.75) is 69.0 Å². The van der Waals surface area contributed by atoms with Crippen LogP contribution >= 0.6 is 11.6 Å². The lowest BCUT2D eigenvalue weighted by molar-refractivity contribution is 0.0185. The molecular formula is C30H37ClN6O5S. The number of pyridine rings is 1. The molecule has 0 radical (unpaired) electrons. The number of anilines is 2. The first-order chi connectivity index (χ1) is 20.3. The number of hydrogen-bond acceptors (Lipinski definition) is 9. The third-order valence-corrected chi connectivity index (χ3v) is 8.73. The van der Waals surface area contributed by atoms with E-state index in [0.717, 1.165) is 31.2 Å². The van der Waals surface area contributed by atoms with Gasteiger partial charge in [-0.3, -0.25) is 9.71 Å². The molecular weight excluding hydrogens is 592 g/mol. The van der Waals surface area contributed by atoms with Gasteiger partial charge in [-0.05, 0) is 70.7 Å². The molecule has 1 saturated carbocycles. The van der Waals surface area contributed by atoms with Gasteiger partial charge in [-0.15, -0.1) is 0 Å². The van der Waals surface area contributed by atoms with Gasteiger partial charge in [-0.1, -0.05) is 23.7 Å². The first kappa shape index (κ1) is 32.0. The minimum Gasteiger partial charge on any atom is -0.494 e. The number of benzene rings is 1. The molecule has 1 aromatic carbocycles. The van der Waals surface area contributed by atoms with Crippen molar-refractivity contribution in [1.29, 1.82) is 0 Å². The number of hydrogen-bond donors (Lipinski definition) is 2. The maximum Gasteiger partial charge on any atom is 0.410 e. The Bertz CT molecular complexity index is 1550. The van der Waals surface area contributed by atoms with E-state index in [2.05, 4.69) is 25.0 Å². The molecule has 3 aromatic rings.